The average molecular weight is 357 g/mol. The van der Waals surface area contributed by atoms with Crippen LogP contribution >= 0.6 is 0 Å². The lowest BCUT2D eigenvalue weighted by Crippen LogP contribution is -2.34. The number of nitrogens with zero attached hydrogens (tertiary/aromatic N) is 5. The Kier molecular flexibility index (Phi) is 4.09. The highest BCUT2D eigenvalue weighted by molar-refractivity contribution is 5.82. The number of aryl methyl sites for hydroxylation is 1. The van der Waals surface area contributed by atoms with Crippen LogP contribution in [0.1, 0.15) is 35.7 Å². The Balaban J connectivity index is 1.39. The van der Waals surface area contributed by atoms with Gasteiger partial charge in [0.05, 0.1) is 5.69 Å². The predicted molar refractivity (Wildman–Crippen MR) is 107 cm³/mol. The summed E-state index contributed by atoms with van der Waals surface area (Å²) in [7, 11) is 0. The number of piperidine rings is 1. The highest BCUT2D eigenvalue weighted by Gasteiger charge is 2.24. The maximum absolute atomic E-state index is 4.48. The molecule has 5 heteroatoms. The van der Waals surface area contributed by atoms with Gasteiger partial charge in [-0.2, -0.15) is 10.1 Å². The number of likely N-dealkylation sites (tertiary alicyclic amines) is 1. The van der Waals surface area contributed by atoms with Crippen LogP contribution < -0.4 is 0 Å². The van der Waals surface area contributed by atoms with Crippen molar-refractivity contribution in [1.29, 1.82) is 0 Å². The number of hydrogen-bond acceptors (Lipinski definition) is 4. The van der Waals surface area contributed by atoms with Crippen molar-refractivity contribution in [3.05, 3.63) is 71.8 Å². The van der Waals surface area contributed by atoms with Gasteiger partial charge < -0.3 is 0 Å². The Morgan fingerprint density at radius 2 is 1.96 bits per heavy atom. The molecule has 5 nitrogen and oxygen atoms in total. The SMILES string of the molecule is Cc1cc([C@H]2CCCN(Cc3ccc4ccccc4c3)C2)n2ncnc2n1. The molecule has 0 amide bonds. The highest BCUT2D eigenvalue weighted by Crippen LogP contribution is 2.28. The molecule has 0 aliphatic carbocycles. The Labute approximate surface area is 158 Å². The molecule has 0 bridgehead atoms. The molecule has 4 aromatic rings. The first kappa shape index (κ1) is 16.4. The molecule has 0 radical (unpaired) electrons. The molecule has 0 unspecified atom stereocenters. The Hall–Kier alpha value is -2.79. The molecule has 5 rings (SSSR count). The van der Waals surface area contributed by atoms with Gasteiger partial charge in [0, 0.05) is 24.7 Å². The fraction of sp³-hybridized carbons (Fsp3) is 0.318. The largest absolute Gasteiger partial charge is 0.298 e. The van der Waals surface area contributed by atoms with E-state index in [0.29, 0.717) is 11.7 Å². The third-order valence-corrected chi connectivity index (χ3v) is 5.55. The Morgan fingerprint density at radius 1 is 1.07 bits per heavy atom. The van der Waals surface area contributed by atoms with E-state index < -0.39 is 0 Å². The van der Waals surface area contributed by atoms with Crippen molar-refractivity contribution in [1.82, 2.24) is 24.5 Å². The van der Waals surface area contributed by atoms with E-state index >= 15 is 0 Å². The van der Waals surface area contributed by atoms with Crippen LogP contribution in [0.4, 0.5) is 0 Å². The molecule has 0 N–H and O–H groups in total. The maximum Gasteiger partial charge on any atom is 0.252 e. The highest BCUT2D eigenvalue weighted by atomic mass is 15.3. The summed E-state index contributed by atoms with van der Waals surface area (Å²) >= 11 is 0. The van der Waals surface area contributed by atoms with Crippen LogP contribution in [0.15, 0.2) is 54.9 Å². The first-order valence-corrected chi connectivity index (χ1v) is 9.63. The zero-order valence-electron chi connectivity index (χ0n) is 15.5. The van der Waals surface area contributed by atoms with E-state index in [1.807, 2.05) is 11.4 Å². The second-order valence-corrected chi connectivity index (χ2v) is 7.55. The topological polar surface area (TPSA) is 46.3 Å². The van der Waals surface area contributed by atoms with Crippen molar-refractivity contribution < 1.29 is 0 Å². The number of fused-ring (bicyclic) bond motifs is 2. The van der Waals surface area contributed by atoms with E-state index in [2.05, 4.69) is 68.5 Å². The second kappa shape index (κ2) is 6.74. The molecular formula is C22H23N5. The van der Waals surface area contributed by atoms with Crippen LogP contribution in [0.25, 0.3) is 16.6 Å². The number of aromatic nitrogens is 4. The van der Waals surface area contributed by atoms with E-state index in [9.17, 15) is 0 Å². The van der Waals surface area contributed by atoms with E-state index in [0.717, 1.165) is 25.3 Å². The van der Waals surface area contributed by atoms with Gasteiger partial charge in [0.2, 0.25) is 0 Å². The van der Waals surface area contributed by atoms with E-state index in [1.165, 1.54) is 34.9 Å². The molecule has 27 heavy (non-hydrogen) atoms. The fourth-order valence-corrected chi connectivity index (χ4v) is 4.29. The van der Waals surface area contributed by atoms with Crippen LogP contribution in [-0.2, 0) is 6.54 Å². The molecule has 0 saturated carbocycles. The van der Waals surface area contributed by atoms with Gasteiger partial charge in [-0.3, -0.25) is 4.90 Å². The van der Waals surface area contributed by atoms with Crippen LogP contribution in [0.2, 0.25) is 0 Å². The first-order valence-electron chi connectivity index (χ1n) is 9.63. The molecule has 2 aromatic heterocycles. The minimum atomic E-state index is 0.463. The Bertz CT molecular complexity index is 1100. The van der Waals surface area contributed by atoms with Gasteiger partial charge in [0.15, 0.2) is 0 Å². The molecule has 136 valence electrons. The summed E-state index contributed by atoms with van der Waals surface area (Å²) in [5, 5.41) is 7.02. The minimum Gasteiger partial charge on any atom is -0.298 e. The summed E-state index contributed by atoms with van der Waals surface area (Å²) in [5.74, 6) is 1.17. The summed E-state index contributed by atoms with van der Waals surface area (Å²) in [6.07, 6.45) is 3.99. The van der Waals surface area contributed by atoms with Crippen molar-refractivity contribution in [2.75, 3.05) is 13.1 Å². The van der Waals surface area contributed by atoms with Gasteiger partial charge in [-0.1, -0.05) is 36.4 Å². The molecule has 2 aromatic carbocycles. The van der Waals surface area contributed by atoms with Crippen molar-refractivity contribution >= 4 is 16.6 Å². The molecule has 1 aliphatic heterocycles. The summed E-state index contributed by atoms with van der Waals surface area (Å²) in [6, 6.07) is 17.6. The minimum absolute atomic E-state index is 0.463. The van der Waals surface area contributed by atoms with Gasteiger partial charge in [0.25, 0.3) is 5.78 Å². The van der Waals surface area contributed by atoms with E-state index in [-0.39, 0.29) is 0 Å². The number of benzene rings is 2. The maximum atomic E-state index is 4.48. The van der Waals surface area contributed by atoms with E-state index in [1.54, 1.807) is 6.33 Å². The molecule has 1 aliphatic rings. The third kappa shape index (κ3) is 3.19. The van der Waals surface area contributed by atoms with Crippen molar-refractivity contribution in [2.24, 2.45) is 0 Å². The summed E-state index contributed by atoms with van der Waals surface area (Å²) < 4.78 is 1.91. The lowest BCUT2D eigenvalue weighted by molar-refractivity contribution is 0.197. The van der Waals surface area contributed by atoms with Gasteiger partial charge >= 0.3 is 0 Å². The molecule has 1 atom stereocenters. The van der Waals surface area contributed by atoms with Crippen LogP contribution in [0.3, 0.4) is 0 Å². The number of rotatable bonds is 3. The van der Waals surface area contributed by atoms with Crippen molar-refractivity contribution in [3.63, 3.8) is 0 Å². The molecule has 1 saturated heterocycles. The fourth-order valence-electron chi connectivity index (χ4n) is 4.29. The van der Waals surface area contributed by atoms with Gasteiger partial charge in [-0.15, -0.1) is 0 Å². The zero-order valence-corrected chi connectivity index (χ0v) is 15.5. The zero-order chi connectivity index (χ0) is 18.2. The predicted octanol–water partition coefficient (Wildman–Crippen LogP) is 3.97. The third-order valence-electron chi connectivity index (χ3n) is 5.55. The lowest BCUT2D eigenvalue weighted by Gasteiger charge is -2.33. The van der Waals surface area contributed by atoms with Gasteiger partial charge in [-0.25, -0.2) is 9.50 Å². The second-order valence-electron chi connectivity index (χ2n) is 7.55. The molecule has 1 fully saturated rings. The lowest BCUT2D eigenvalue weighted by atomic mass is 9.93. The van der Waals surface area contributed by atoms with Crippen molar-refractivity contribution in [2.45, 2.75) is 32.2 Å². The summed E-state index contributed by atoms with van der Waals surface area (Å²) in [5.41, 5.74) is 3.63. The number of hydrogen-bond donors (Lipinski definition) is 0. The molecule has 0 spiro atoms. The van der Waals surface area contributed by atoms with E-state index in [4.69, 9.17) is 0 Å². The Morgan fingerprint density at radius 3 is 2.89 bits per heavy atom. The van der Waals surface area contributed by atoms with Crippen molar-refractivity contribution in [3.8, 4) is 0 Å². The van der Waals surface area contributed by atoms with Gasteiger partial charge in [0.1, 0.15) is 6.33 Å². The average Bonchev–Trinajstić information content (AvgIpc) is 3.16. The monoisotopic (exact) mass is 357 g/mol. The normalized spacial score (nSPS) is 18.3. The van der Waals surface area contributed by atoms with Crippen LogP contribution in [0.5, 0.6) is 0 Å². The summed E-state index contributed by atoms with van der Waals surface area (Å²) in [6.45, 7) is 5.22. The smallest absolute Gasteiger partial charge is 0.252 e. The quantitative estimate of drug-likeness (QED) is 0.557. The first-order chi connectivity index (χ1) is 13.3. The standard InChI is InChI=1S/C22H23N5/c1-16-11-21(27-22(25-16)23-15-24-27)20-7-4-10-26(14-20)13-17-8-9-18-5-2-3-6-19(18)12-17/h2-3,5-6,8-9,11-12,15,20H,4,7,10,13-14H2,1H3/t20-/m0/s1. The summed E-state index contributed by atoms with van der Waals surface area (Å²) in [4.78, 5) is 11.3. The molecule has 3 heterocycles. The van der Waals surface area contributed by atoms with Gasteiger partial charge in [-0.05, 0) is 54.8 Å². The van der Waals surface area contributed by atoms with Crippen LogP contribution in [0, 0.1) is 6.92 Å². The van der Waals surface area contributed by atoms with Crippen LogP contribution in [-0.4, -0.2) is 37.6 Å². The molecular weight excluding hydrogens is 334 g/mol.